The fraction of sp³-hybridized carbons (Fsp3) is 0.625. The maximum absolute atomic E-state index is 5.68. The van der Waals surface area contributed by atoms with E-state index in [9.17, 15) is 0 Å². The number of hydrogen-bond donors (Lipinski definition) is 1. The van der Waals surface area contributed by atoms with Gasteiger partial charge in [0.25, 0.3) is 0 Å². The van der Waals surface area contributed by atoms with Crippen LogP contribution in [-0.2, 0) is 4.74 Å². The zero-order valence-electron chi connectivity index (χ0n) is 12.6. The number of rotatable bonds is 8. The minimum Gasteiger partial charge on any atom is -0.491 e. The highest BCUT2D eigenvalue weighted by Crippen LogP contribution is 2.34. The third-order valence-corrected chi connectivity index (χ3v) is 3.45. The summed E-state index contributed by atoms with van der Waals surface area (Å²) >= 11 is 0. The molecule has 1 aliphatic heterocycles. The first-order valence-electron chi connectivity index (χ1n) is 7.35. The number of nitrogens with one attached hydrogen (secondary N) is 1. The van der Waals surface area contributed by atoms with Gasteiger partial charge < -0.3 is 19.5 Å². The second kappa shape index (κ2) is 7.50. The fourth-order valence-corrected chi connectivity index (χ4v) is 2.16. The Morgan fingerprint density at radius 3 is 2.90 bits per heavy atom. The SMILES string of the molecule is CNC1COc2cc(OCCOCCC(C)C)ccc21. The molecule has 4 heteroatoms. The monoisotopic (exact) mass is 279 g/mol. The van der Waals surface area contributed by atoms with Gasteiger partial charge in [-0.2, -0.15) is 0 Å². The smallest absolute Gasteiger partial charge is 0.127 e. The van der Waals surface area contributed by atoms with Crippen molar-refractivity contribution in [3.8, 4) is 11.5 Å². The van der Waals surface area contributed by atoms with Crippen LogP contribution in [0.1, 0.15) is 31.9 Å². The average Bonchev–Trinajstić information content (AvgIpc) is 2.84. The lowest BCUT2D eigenvalue weighted by Crippen LogP contribution is -2.17. The van der Waals surface area contributed by atoms with Gasteiger partial charge in [0.15, 0.2) is 0 Å². The third kappa shape index (κ3) is 4.12. The van der Waals surface area contributed by atoms with Gasteiger partial charge in [0.1, 0.15) is 24.7 Å². The molecule has 20 heavy (non-hydrogen) atoms. The largest absolute Gasteiger partial charge is 0.491 e. The Bertz CT molecular complexity index is 420. The molecule has 1 N–H and O–H groups in total. The highest BCUT2D eigenvalue weighted by Gasteiger charge is 2.22. The van der Waals surface area contributed by atoms with Crippen LogP contribution in [0.4, 0.5) is 0 Å². The van der Waals surface area contributed by atoms with E-state index in [2.05, 4.69) is 25.2 Å². The lowest BCUT2D eigenvalue weighted by atomic mass is 10.1. The van der Waals surface area contributed by atoms with Crippen LogP contribution in [0.15, 0.2) is 18.2 Å². The van der Waals surface area contributed by atoms with Crippen molar-refractivity contribution in [3.05, 3.63) is 23.8 Å². The molecule has 0 radical (unpaired) electrons. The van der Waals surface area contributed by atoms with E-state index in [-0.39, 0.29) is 0 Å². The molecule has 1 unspecified atom stereocenters. The number of ether oxygens (including phenoxy) is 3. The molecule has 0 aliphatic carbocycles. The minimum absolute atomic E-state index is 0.290. The predicted molar refractivity (Wildman–Crippen MR) is 79.5 cm³/mol. The summed E-state index contributed by atoms with van der Waals surface area (Å²) in [6.45, 7) is 7.09. The van der Waals surface area contributed by atoms with Gasteiger partial charge >= 0.3 is 0 Å². The highest BCUT2D eigenvalue weighted by atomic mass is 16.5. The second-order valence-corrected chi connectivity index (χ2v) is 5.50. The van der Waals surface area contributed by atoms with Gasteiger partial charge in [-0.15, -0.1) is 0 Å². The number of fused-ring (bicyclic) bond motifs is 1. The first-order chi connectivity index (χ1) is 9.70. The van der Waals surface area contributed by atoms with Gasteiger partial charge in [-0.05, 0) is 31.5 Å². The van der Waals surface area contributed by atoms with E-state index in [0.29, 0.717) is 31.8 Å². The molecule has 112 valence electrons. The van der Waals surface area contributed by atoms with Crippen molar-refractivity contribution in [1.82, 2.24) is 5.32 Å². The van der Waals surface area contributed by atoms with Gasteiger partial charge in [-0.25, -0.2) is 0 Å². The zero-order valence-corrected chi connectivity index (χ0v) is 12.6. The van der Waals surface area contributed by atoms with Crippen LogP contribution in [0.3, 0.4) is 0 Å². The molecular weight excluding hydrogens is 254 g/mol. The normalized spacial score (nSPS) is 17.1. The molecule has 0 aromatic heterocycles. The van der Waals surface area contributed by atoms with Gasteiger partial charge in [0.2, 0.25) is 0 Å². The summed E-state index contributed by atoms with van der Waals surface area (Å²) in [6.07, 6.45) is 1.10. The summed E-state index contributed by atoms with van der Waals surface area (Å²) < 4.78 is 16.8. The Labute approximate surface area is 121 Å². The lowest BCUT2D eigenvalue weighted by Gasteiger charge is -2.10. The van der Waals surface area contributed by atoms with Gasteiger partial charge in [-0.3, -0.25) is 0 Å². The summed E-state index contributed by atoms with van der Waals surface area (Å²) in [4.78, 5) is 0. The summed E-state index contributed by atoms with van der Waals surface area (Å²) in [7, 11) is 1.95. The Kier molecular flexibility index (Phi) is 5.68. The second-order valence-electron chi connectivity index (χ2n) is 5.50. The van der Waals surface area contributed by atoms with Crippen LogP contribution in [-0.4, -0.2) is 33.5 Å². The Hall–Kier alpha value is -1.26. The summed E-state index contributed by atoms with van der Waals surface area (Å²) in [5, 5.41) is 3.23. The average molecular weight is 279 g/mol. The fourth-order valence-electron chi connectivity index (χ4n) is 2.16. The van der Waals surface area contributed by atoms with Crippen molar-refractivity contribution in [2.24, 2.45) is 5.92 Å². The zero-order chi connectivity index (χ0) is 14.4. The minimum atomic E-state index is 0.290. The Balaban J connectivity index is 1.72. The summed E-state index contributed by atoms with van der Waals surface area (Å²) in [5.41, 5.74) is 1.20. The number of benzene rings is 1. The molecule has 1 aromatic carbocycles. The van der Waals surface area contributed by atoms with Gasteiger partial charge in [0, 0.05) is 18.2 Å². The van der Waals surface area contributed by atoms with Crippen molar-refractivity contribution >= 4 is 0 Å². The molecule has 1 aromatic rings. The van der Waals surface area contributed by atoms with Crippen LogP contribution in [0.5, 0.6) is 11.5 Å². The topological polar surface area (TPSA) is 39.7 Å². The molecule has 0 saturated carbocycles. The van der Waals surface area contributed by atoms with Crippen molar-refractivity contribution in [3.63, 3.8) is 0 Å². The van der Waals surface area contributed by atoms with Crippen molar-refractivity contribution < 1.29 is 14.2 Å². The number of likely N-dealkylation sites (N-methyl/N-ethyl adjacent to an activating group) is 1. The summed E-state index contributed by atoms with van der Waals surface area (Å²) in [5.74, 6) is 2.44. The van der Waals surface area contributed by atoms with Gasteiger partial charge in [0.05, 0.1) is 12.6 Å². The van der Waals surface area contributed by atoms with E-state index < -0.39 is 0 Å². The quantitative estimate of drug-likeness (QED) is 0.743. The lowest BCUT2D eigenvalue weighted by molar-refractivity contribution is 0.0925. The Morgan fingerprint density at radius 1 is 1.30 bits per heavy atom. The van der Waals surface area contributed by atoms with Crippen molar-refractivity contribution in [2.45, 2.75) is 26.3 Å². The van der Waals surface area contributed by atoms with E-state index in [1.807, 2.05) is 19.2 Å². The molecule has 0 bridgehead atoms. The van der Waals surface area contributed by atoms with Gasteiger partial charge in [-0.1, -0.05) is 13.8 Å². The van der Waals surface area contributed by atoms with Crippen LogP contribution in [0.2, 0.25) is 0 Å². The molecule has 0 amide bonds. The molecule has 1 aliphatic rings. The summed E-state index contributed by atoms with van der Waals surface area (Å²) in [6, 6.07) is 6.31. The van der Waals surface area contributed by atoms with E-state index >= 15 is 0 Å². The maximum atomic E-state index is 5.68. The van der Waals surface area contributed by atoms with E-state index in [0.717, 1.165) is 24.5 Å². The molecule has 2 rings (SSSR count). The number of hydrogen-bond acceptors (Lipinski definition) is 4. The van der Waals surface area contributed by atoms with Crippen LogP contribution in [0, 0.1) is 5.92 Å². The first-order valence-corrected chi connectivity index (χ1v) is 7.35. The van der Waals surface area contributed by atoms with Crippen LogP contribution < -0.4 is 14.8 Å². The first kappa shape index (κ1) is 15.1. The predicted octanol–water partition coefficient (Wildman–Crippen LogP) is 2.78. The standard InChI is InChI=1S/C16H25NO3/c1-12(2)6-7-18-8-9-19-13-4-5-14-15(17-3)11-20-16(14)10-13/h4-5,10,12,15,17H,6-9,11H2,1-3H3. The van der Waals surface area contributed by atoms with Crippen molar-refractivity contribution in [2.75, 3.05) is 33.5 Å². The molecule has 0 fully saturated rings. The van der Waals surface area contributed by atoms with Crippen LogP contribution >= 0.6 is 0 Å². The molecule has 0 saturated heterocycles. The molecule has 4 nitrogen and oxygen atoms in total. The molecule has 0 spiro atoms. The highest BCUT2D eigenvalue weighted by molar-refractivity contribution is 5.44. The van der Waals surface area contributed by atoms with E-state index in [4.69, 9.17) is 14.2 Å². The third-order valence-electron chi connectivity index (χ3n) is 3.45. The van der Waals surface area contributed by atoms with E-state index in [1.165, 1.54) is 5.56 Å². The molecule has 1 atom stereocenters. The maximum Gasteiger partial charge on any atom is 0.127 e. The molecule has 1 heterocycles. The molecular formula is C16H25NO3. The van der Waals surface area contributed by atoms with Crippen LogP contribution in [0.25, 0.3) is 0 Å². The Morgan fingerprint density at radius 2 is 2.15 bits per heavy atom. The van der Waals surface area contributed by atoms with E-state index in [1.54, 1.807) is 0 Å². The van der Waals surface area contributed by atoms with Crippen molar-refractivity contribution in [1.29, 1.82) is 0 Å².